The van der Waals surface area contributed by atoms with Crippen LogP contribution in [0.15, 0.2) is 39.7 Å². The van der Waals surface area contributed by atoms with Gasteiger partial charge in [-0.1, -0.05) is 5.16 Å². The molecule has 0 saturated carbocycles. The van der Waals surface area contributed by atoms with E-state index in [4.69, 9.17) is 9.26 Å². The fraction of sp³-hybridized carbons (Fsp3) is 0.312. The second-order valence-electron chi connectivity index (χ2n) is 5.38. The zero-order valence-electron chi connectivity index (χ0n) is 12.7. The van der Waals surface area contributed by atoms with Crippen molar-refractivity contribution in [3.8, 4) is 11.5 Å². The molecule has 1 unspecified atom stereocenters. The van der Waals surface area contributed by atoms with E-state index in [9.17, 15) is 0 Å². The second kappa shape index (κ2) is 6.10. The number of aromatic nitrogens is 3. The Kier molecular flexibility index (Phi) is 3.80. The van der Waals surface area contributed by atoms with Crippen LogP contribution in [0.1, 0.15) is 17.5 Å². The molecule has 0 amide bonds. The van der Waals surface area contributed by atoms with Crippen LogP contribution in [-0.4, -0.2) is 34.8 Å². The number of morpholine rings is 1. The Morgan fingerprint density at radius 1 is 1.35 bits per heavy atom. The first kappa shape index (κ1) is 14.3. The minimum absolute atomic E-state index is 0.0641. The topological polar surface area (TPSA) is 64.3 Å². The van der Waals surface area contributed by atoms with Gasteiger partial charge in [0, 0.05) is 19.3 Å². The molecule has 0 aromatic carbocycles. The van der Waals surface area contributed by atoms with E-state index in [0.717, 1.165) is 24.5 Å². The molecule has 0 bridgehead atoms. The molecule has 7 heteroatoms. The molecule has 3 aromatic heterocycles. The fourth-order valence-corrected chi connectivity index (χ4v) is 3.43. The molecule has 1 aliphatic heterocycles. The quantitative estimate of drug-likeness (QED) is 0.736. The van der Waals surface area contributed by atoms with Gasteiger partial charge in [-0.05, 0) is 41.4 Å². The molecule has 118 valence electrons. The third-order valence-electron chi connectivity index (χ3n) is 3.83. The molecule has 1 aliphatic rings. The van der Waals surface area contributed by atoms with E-state index in [-0.39, 0.29) is 6.10 Å². The summed E-state index contributed by atoms with van der Waals surface area (Å²) >= 11 is 1.69. The first-order valence-electron chi connectivity index (χ1n) is 7.45. The van der Waals surface area contributed by atoms with Gasteiger partial charge < -0.3 is 14.2 Å². The summed E-state index contributed by atoms with van der Waals surface area (Å²) in [6.45, 7) is 4.02. The molecule has 1 atom stereocenters. The third-order valence-corrected chi connectivity index (χ3v) is 4.53. The number of pyridine rings is 1. The number of hydrogen-bond donors (Lipinski definition) is 0. The highest BCUT2D eigenvalue weighted by Gasteiger charge is 2.26. The Labute approximate surface area is 137 Å². The molecular weight excluding hydrogens is 312 g/mol. The lowest BCUT2D eigenvalue weighted by atomic mass is 10.1. The molecule has 23 heavy (non-hydrogen) atoms. The summed E-state index contributed by atoms with van der Waals surface area (Å²) in [5.74, 6) is 1.98. The maximum Gasteiger partial charge on any atom is 0.261 e. The van der Waals surface area contributed by atoms with Crippen molar-refractivity contribution < 1.29 is 9.26 Å². The van der Waals surface area contributed by atoms with Crippen molar-refractivity contribution in [1.29, 1.82) is 0 Å². The largest absolute Gasteiger partial charge is 0.370 e. The fourth-order valence-electron chi connectivity index (χ4n) is 2.72. The summed E-state index contributed by atoms with van der Waals surface area (Å²) in [6.07, 6.45) is 1.85. The van der Waals surface area contributed by atoms with Crippen LogP contribution in [0.5, 0.6) is 0 Å². The van der Waals surface area contributed by atoms with Crippen LogP contribution in [0.4, 0.5) is 5.82 Å². The average Bonchev–Trinajstić information content (AvgIpc) is 3.27. The lowest BCUT2D eigenvalue weighted by molar-refractivity contribution is 0.0398. The highest BCUT2D eigenvalue weighted by atomic mass is 32.1. The van der Waals surface area contributed by atoms with E-state index in [2.05, 4.69) is 36.9 Å². The van der Waals surface area contributed by atoms with Crippen LogP contribution < -0.4 is 4.90 Å². The van der Waals surface area contributed by atoms with Gasteiger partial charge in [0.05, 0.1) is 12.2 Å². The molecule has 1 saturated heterocycles. The highest BCUT2D eigenvalue weighted by molar-refractivity contribution is 7.07. The SMILES string of the molecule is Cc1noc(-c2cccnc2N2CCOC(c3ccsc3)C2)n1. The van der Waals surface area contributed by atoms with E-state index in [1.165, 1.54) is 5.56 Å². The van der Waals surface area contributed by atoms with Gasteiger partial charge >= 0.3 is 0 Å². The summed E-state index contributed by atoms with van der Waals surface area (Å²) in [5.41, 5.74) is 2.07. The Morgan fingerprint density at radius 3 is 3.09 bits per heavy atom. The Bertz CT molecular complexity index is 787. The van der Waals surface area contributed by atoms with Gasteiger partial charge in [0.2, 0.25) is 0 Å². The van der Waals surface area contributed by atoms with Crippen LogP contribution in [0, 0.1) is 6.92 Å². The number of ether oxygens (including phenoxy) is 1. The number of rotatable bonds is 3. The first-order valence-corrected chi connectivity index (χ1v) is 8.40. The maximum atomic E-state index is 5.91. The predicted molar refractivity (Wildman–Crippen MR) is 87.5 cm³/mol. The molecule has 4 heterocycles. The van der Waals surface area contributed by atoms with Gasteiger partial charge in [-0.15, -0.1) is 0 Å². The molecule has 3 aromatic rings. The smallest absolute Gasteiger partial charge is 0.261 e. The van der Waals surface area contributed by atoms with Gasteiger partial charge in [0.1, 0.15) is 11.9 Å². The minimum atomic E-state index is 0.0641. The highest BCUT2D eigenvalue weighted by Crippen LogP contribution is 2.32. The van der Waals surface area contributed by atoms with Crippen LogP contribution in [-0.2, 0) is 4.74 Å². The van der Waals surface area contributed by atoms with E-state index in [0.29, 0.717) is 18.3 Å². The maximum absolute atomic E-state index is 5.91. The number of hydrogen-bond acceptors (Lipinski definition) is 7. The van der Waals surface area contributed by atoms with Crippen LogP contribution in [0.25, 0.3) is 11.5 Å². The van der Waals surface area contributed by atoms with E-state index in [1.54, 1.807) is 17.5 Å². The van der Waals surface area contributed by atoms with E-state index >= 15 is 0 Å². The summed E-state index contributed by atoms with van der Waals surface area (Å²) < 4.78 is 11.2. The van der Waals surface area contributed by atoms with Crippen molar-refractivity contribution >= 4 is 17.2 Å². The molecule has 0 radical (unpaired) electrons. The monoisotopic (exact) mass is 328 g/mol. The number of anilines is 1. The summed E-state index contributed by atoms with van der Waals surface area (Å²) in [6, 6.07) is 5.96. The van der Waals surface area contributed by atoms with E-state index in [1.807, 2.05) is 19.1 Å². The Balaban J connectivity index is 1.65. The van der Waals surface area contributed by atoms with Crippen molar-refractivity contribution in [3.05, 3.63) is 46.5 Å². The summed E-state index contributed by atoms with van der Waals surface area (Å²) in [4.78, 5) is 11.1. The molecule has 0 spiro atoms. The van der Waals surface area contributed by atoms with Crippen LogP contribution >= 0.6 is 11.3 Å². The molecule has 0 aliphatic carbocycles. The Morgan fingerprint density at radius 2 is 2.30 bits per heavy atom. The second-order valence-corrected chi connectivity index (χ2v) is 6.16. The summed E-state index contributed by atoms with van der Waals surface area (Å²) in [7, 11) is 0. The molecule has 1 fully saturated rings. The van der Waals surface area contributed by atoms with Crippen molar-refractivity contribution in [2.24, 2.45) is 0 Å². The van der Waals surface area contributed by atoms with Gasteiger partial charge in [-0.2, -0.15) is 16.3 Å². The predicted octanol–water partition coefficient (Wildman–Crippen LogP) is 3.08. The molecule has 6 nitrogen and oxygen atoms in total. The van der Waals surface area contributed by atoms with Crippen molar-refractivity contribution in [1.82, 2.24) is 15.1 Å². The van der Waals surface area contributed by atoms with Gasteiger partial charge in [-0.25, -0.2) is 4.98 Å². The standard InChI is InChI=1S/C16H16N4O2S/c1-11-18-16(22-19-11)13-3-2-5-17-15(13)20-6-7-21-14(9-20)12-4-8-23-10-12/h2-5,8,10,14H,6-7,9H2,1H3. The Hall–Kier alpha value is -2.25. The zero-order valence-corrected chi connectivity index (χ0v) is 13.5. The molecule has 4 rings (SSSR count). The lowest BCUT2D eigenvalue weighted by Crippen LogP contribution is -2.39. The lowest BCUT2D eigenvalue weighted by Gasteiger charge is -2.34. The summed E-state index contributed by atoms with van der Waals surface area (Å²) in [5, 5.41) is 8.09. The van der Waals surface area contributed by atoms with Crippen LogP contribution in [0.3, 0.4) is 0 Å². The minimum Gasteiger partial charge on any atom is -0.370 e. The van der Waals surface area contributed by atoms with Gasteiger partial charge in [0.15, 0.2) is 5.82 Å². The molecule has 0 N–H and O–H groups in total. The number of aryl methyl sites for hydroxylation is 1. The van der Waals surface area contributed by atoms with Gasteiger partial charge in [0.25, 0.3) is 5.89 Å². The van der Waals surface area contributed by atoms with Crippen LogP contribution in [0.2, 0.25) is 0 Å². The molecular formula is C16H16N4O2S. The number of nitrogens with zero attached hydrogens (tertiary/aromatic N) is 4. The first-order chi connectivity index (χ1) is 11.3. The zero-order chi connectivity index (χ0) is 15.6. The van der Waals surface area contributed by atoms with Gasteiger partial charge in [-0.3, -0.25) is 0 Å². The van der Waals surface area contributed by atoms with E-state index < -0.39 is 0 Å². The van der Waals surface area contributed by atoms with Crippen molar-refractivity contribution in [3.63, 3.8) is 0 Å². The number of thiophene rings is 1. The average molecular weight is 328 g/mol. The normalized spacial score (nSPS) is 18.3. The van der Waals surface area contributed by atoms with Crippen molar-refractivity contribution in [2.75, 3.05) is 24.6 Å². The third kappa shape index (κ3) is 2.85. The van der Waals surface area contributed by atoms with Crippen molar-refractivity contribution in [2.45, 2.75) is 13.0 Å².